The van der Waals surface area contributed by atoms with E-state index >= 15 is 0 Å². The molecule has 6 nitrogen and oxygen atoms in total. The van der Waals surface area contributed by atoms with Crippen molar-refractivity contribution in [1.82, 2.24) is 10.6 Å². The van der Waals surface area contributed by atoms with Crippen LogP contribution in [0.5, 0.6) is 0 Å². The molecule has 1 aliphatic rings. The van der Waals surface area contributed by atoms with E-state index in [-0.39, 0.29) is 29.3 Å². The Morgan fingerprint density at radius 1 is 1.33 bits per heavy atom. The molecule has 4 atom stereocenters. The maximum absolute atomic E-state index is 11.8. The van der Waals surface area contributed by atoms with Crippen LogP contribution < -0.4 is 10.6 Å². The second kappa shape index (κ2) is 7.24. The van der Waals surface area contributed by atoms with Gasteiger partial charge in [-0.1, -0.05) is 20.8 Å². The first kappa shape index (κ1) is 17.9. The Labute approximate surface area is 128 Å². The van der Waals surface area contributed by atoms with E-state index < -0.39 is 16.8 Å². The predicted octanol–water partition coefficient (Wildman–Crippen LogP) is 1.19. The highest BCUT2D eigenvalue weighted by Crippen LogP contribution is 2.44. The van der Waals surface area contributed by atoms with Crippen LogP contribution in [0.3, 0.4) is 0 Å². The molecule has 0 aromatic carbocycles. The molecule has 0 heterocycles. The number of carbonyl (C=O) groups excluding carboxylic acids is 1. The minimum atomic E-state index is -0.926. The van der Waals surface area contributed by atoms with Crippen molar-refractivity contribution in [2.75, 3.05) is 18.6 Å². The molecule has 0 aromatic rings. The topological polar surface area (TPSA) is 95.5 Å². The molecule has 3 N–H and O–H groups in total. The number of rotatable bonds is 5. The van der Waals surface area contributed by atoms with Crippen LogP contribution in [0.25, 0.3) is 0 Å². The van der Waals surface area contributed by atoms with Gasteiger partial charge in [-0.05, 0) is 24.2 Å². The first-order chi connectivity index (χ1) is 9.66. The smallest absolute Gasteiger partial charge is 0.315 e. The average Bonchev–Trinajstić information content (AvgIpc) is 2.34. The molecular weight excluding hydrogens is 292 g/mol. The van der Waals surface area contributed by atoms with Crippen molar-refractivity contribution in [1.29, 1.82) is 0 Å². The molecule has 1 fully saturated rings. The summed E-state index contributed by atoms with van der Waals surface area (Å²) in [5.74, 6) is -0.644. The summed E-state index contributed by atoms with van der Waals surface area (Å²) in [5, 5.41) is 14.9. The van der Waals surface area contributed by atoms with Crippen molar-refractivity contribution in [3.05, 3.63) is 0 Å². The largest absolute Gasteiger partial charge is 0.481 e. The SMILES string of the molecule is CC1C(NC(=O)NCCS(C)=O)CCC(C(=O)O)C1(C)C. The van der Waals surface area contributed by atoms with Gasteiger partial charge in [0.15, 0.2) is 0 Å². The Balaban J connectivity index is 2.56. The molecular formula is C14H26N2O4S. The second-order valence-corrected chi connectivity index (χ2v) is 7.92. The van der Waals surface area contributed by atoms with Crippen molar-refractivity contribution in [3.8, 4) is 0 Å². The molecule has 0 radical (unpaired) electrons. The molecule has 0 saturated heterocycles. The van der Waals surface area contributed by atoms with Crippen molar-refractivity contribution in [2.24, 2.45) is 17.3 Å². The van der Waals surface area contributed by atoms with Crippen molar-refractivity contribution < 1.29 is 18.9 Å². The van der Waals surface area contributed by atoms with Crippen LogP contribution >= 0.6 is 0 Å². The summed E-state index contributed by atoms with van der Waals surface area (Å²) >= 11 is 0. The average molecular weight is 318 g/mol. The van der Waals surface area contributed by atoms with Gasteiger partial charge in [-0.25, -0.2) is 4.79 Å². The van der Waals surface area contributed by atoms with Gasteiger partial charge in [0.05, 0.1) is 5.92 Å². The third-order valence-corrected chi connectivity index (χ3v) is 5.51. The third-order valence-electron chi connectivity index (χ3n) is 4.73. The predicted molar refractivity (Wildman–Crippen MR) is 82.6 cm³/mol. The van der Waals surface area contributed by atoms with E-state index in [9.17, 15) is 18.9 Å². The molecule has 7 heteroatoms. The normalized spacial score (nSPS) is 29.4. The van der Waals surface area contributed by atoms with E-state index in [1.165, 1.54) is 0 Å². The number of hydrogen-bond acceptors (Lipinski definition) is 3. The summed E-state index contributed by atoms with van der Waals surface area (Å²) in [6.07, 6.45) is 2.82. The molecule has 1 rings (SSSR count). The number of hydrogen-bond donors (Lipinski definition) is 3. The van der Waals surface area contributed by atoms with Crippen LogP contribution in [-0.2, 0) is 15.6 Å². The van der Waals surface area contributed by atoms with Crippen LogP contribution in [0, 0.1) is 17.3 Å². The molecule has 2 amide bonds. The van der Waals surface area contributed by atoms with Gasteiger partial charge < -0.3 is 15.7 Å². The van der Waals surface area contributed by atoms with Gasteiger partial charge in [-0.15, -0.1) is 0 Å². The monoisotopic (exact) mass is 318 g/mol. The van der Waals surface area contributed by atoms with Gasteiger partial charge in [0.25, 0.3) is 0 Å². The highest BCUT2D eigenvalue weighted by atomic mass is 32.2. The number of amides is 2. The first-order valence-corrected chi connectivity index (χ1v) is 8.96. The number of carboxylic acid groups (broad SMARTS) is 1. The Morgan fingerprint density at radius 3 is 2.48 bits per heavy atom. The molecule has 4 unspecified atom stereocenters. The molecule has 122 valence electrons. The zero-order chi connectivity index (χ0) is 16.2. The minimum absolute atomic E-state index is 0.0391. The maximum Gasteiger partial charge on any atom is 0.315 e. The highest BCUT2D eigenvalue weighted by molar-refractivity contribution is 7.84. The standard InChI is InChI=1S/C14H26N2O4S/c1-9-11(16-13(19)15-7-8-21(4)20)6-5-10(12(17)18)14(9,2)3/h9-11H,5-8H2,1-4H3,(H,17,18)(H2,15,16,19). The molecule has 0 aliphatic heterocycles. The quantitative estimate of drug-likeness (QED) is 0.709. The molecule has 0 spiro atoms. The van der Waals surface area contributed by atoms with Crippen molar-refractivity contribution in [2.45, 2.75) is 39.7 Å². The lowest BCUT2D eigenvalue weighted by Gasteiger charge is -2.46. The summed E-state index contributed by atoms with van der Waals surface area (Å²) in [7, 11) is -0.926. The first-order valence-electron chi connectivity index (χ1n) is 7.23. The van der Waals surface area contributed by atoms with E-state index in [1.807, 2.05) is 20.8 Å². The third kappa shape index (κ3) is 4.69. The zero-order valence-electron chi connectivity index (χ0n) is 13.1. The van der Waals surface area contributed by atoms with Crippen LogP contribution in [0.15, 0.2) is 0 Å². The number of carboxylic acids is 1. The van der Waals surface area contributed by atoms with Crippen LogP contribution in [0.2, 0.25) is 0 Å². The van der Waals surface area contributed by atoms with E-state index in [2.05, 4.69) is 10.6 Å². The maximum atomic E-state index is 11.8. The number of urea groups is 1. The Morgan fingerprint density at radius 2 is 1.95 bits per heavy atom. The number of carbonyl (C=O) groups is 2. The van der Waals surface area contributed by atoms with Gasteiger partial charge >= 0.3 is 12.0 Å². The van der Waals surface area contributed by atoms with Gasteiger partial charge in [-0.3, -0.25) is 9.00 Å². The lowest BCUT2D eigenvalue weighted by molar-refractivity contribution is -0.150. The van der Waals surface area contributed by atoms with Crippen LogP contribution in [0.1, 0.15) is 33.6 Å². The molecule has 21 heavy (non-hydrogen) atoms. The van der Waals surface area contributed by atoms with Crippen molar-refractivity contribution in [3.63, 3.8) is 0 Å². The Hall–Kier alpha value is -1.11. The Bertz CT molecular complexity index is 425. The van der Waals surface area contributed by atoms with E-state index in [0.29, 0.717) is 25.1 Å². The molecule has 1 saturated carbocycles. The molecule has 0 bridgehead atoms. The fourth-order valence-corrected chi connectivity index (χ4v) is 3.36. The summed E-state index contributed by atoms with van der Waals surface area (Å²) in [4.78, 5) is 23.1. The molecule has 1 aliphatic carbocycles. The van der Waals surface area contributed by atoms with Crippen molar-refractivity contribution >= 4 is 22.8 Å². The number of aliphatic carboxylic acids is 1. The van der Waals surface area contributed by atoms with Crippen LogP contribution in [0.4, 0.5) is 4.79 Å². The highest BCUT2D eigenvalue weighted by Gasteiger charge is 2.46. The van der Waals surface area contributed by atoms with E-state index in [0.717, 1.165) is 0 Å². The summed E-state index contributed by atoms with van der Waals surface area (Å²) in [6.45, 7) is 6.25. The second-order valence-electron chi connectivity index (χ2n) is 6.36. The fraction of sp³-hybridized carbons (Fsp3) is 0.857. The van der Waals surface area contributed by atoms with Gasteiger partial charge in [-0.2, -0.15) is 0 Å². The lowest BCUT2D eigenvalue weighted by Crippen LogP contribution is -2.54. The minimum Gasteiger partial charge on any atom is -0.481 e. The molecule has 0 aromatic heterocycles. The summed E-state index contributed by atoms with van der Waals surface area (Å²) in [6, 6.07) is -0.315. The fourth-order valence-electron chi connectivity index (χ4n) is 2.97. The van der Waals surface area contributed by atoms with E-state index in [4.69, 9.17) is 0 Å². The number of nitrogens with one attached hydrogen (secondary N) is 2. The summed E-state index contributed by atoms with van der Waals surface area (Å²) in [5.41, 5.74) is -0.368. The van der Waals surface area contributed by atoms with Gasteiger partial charge in [0, 0.05) is 35.4 Å². The summed E-state index contributed by atoms with van der Waals surface area (Å²) < 4.78 is 10.9. The Kier molecular flexibility index (Phi) is 6.19. The van der Waals surface area contributed by atoms with Crippen LogP contribution in [-0.4, -0.2) is 45.9 Å². The van der Waals surface area contributed by atoms with Gasteiger partial charge in [0.2, 0.25) is 0 Å². The van der Waals surface area contributed by atoms with E-state index in [1.54, 1.807) is 6.26 Å². The lowest BCUT2D eigenvalue weighted by atomic mass is 9.61. The zero-order valence-corrected chi connectivity index (χ0v) is 14.0. The van der Waals surface area contributed by atoms with Gasteiger partial charge in [0.1, 0.15) is 0 Å².